The third-order valence-corrected chi connectivity index (χ3v) is 5.17. The maximum atomic E-state index is 12.9. The van der Waals surface area contributed by atoms with Gasteiger partial charge in [0.05, 0.1) is 11.5 Å². The zero-order valence-corrected chi connectivity index (χ0v) is 10.7. The largest absolute Gasteiger partial charge is 0.324 e. The summed E-state index contributed by atoms with van der Waals surface area (Å²) < 4.78 is 35.7. The van der Waals surface area contributed by atoms with Crippen molar-refractivity contribution in [2.45, 2.75) is 18.4 Å². The van der Waals surface area contributed by atoms with Crippen molar-refractivity contribution in [3.05, 3.63) is 34.6 Å². The number of nitrogens with two attached hydrogens (primary N) is 1. The van der Waals surface area contributed by atoms with Crippen molar-refractivity contribution in [3.63, 3.8) is 0 Å². The van der Waals surface area contributed by atoms with E-state index in [4.69, 9.17) is 17.3 Å². The molecule has 1 unspecified atom stereocenters. The average molecular weight is 278 g/mol. The van der Waals surface area contributed by atoms with Crippen LogP contribution in [0.5, 0.6) is 0 Å². The molecule has 0 saturated carbocycles. The Kier molecular flexibility index (Phi) is 3.18. The standard InChI is InChI=1S/C11H13ClFNO2S/c12-10-5-9(13)2-1-8(10)6-11(14)3-4-17(15,16)7-11/h1-2,5H,3-4,6-7,14H2. The fourth-order valence-electron chi connectivity index (χ4n) is 2.12. The van der Waals surface area contributed by atoms with E-state index in [1.165, 1.54) is 12.1 Å². The summed E-state index contributed by atoms with van der Waals surface area (Å²) >= 11 is 5.90. The number of halogens is 2. The van der Waals surface area contributed by atoms with Gasteiger partial charge in [0.15, 0.2) is 9.84 Å². The van der Waals surface area contributed by atoms with Crippen LogP contribution in [0.2, 0.25) is 5.02 Å². The van der Waals surface area contributed by atoms with Crippen LogP contribution >= 0.6 is 11.6 Å². The molecule has 1 aliphatic heterocycles. The van der Waals surface area contributed by atoms with Crippen LogP contribution in [-0.2, 0) is 16.3 Å². The molecule has 1 heterocycles. The van der Waals surface area contributed by atoms with E-state index in [2.05, 4.69) is 0 Å². The first-order valence-corrected chi connectivity index (χ1v) is 7.43. The van der Waals surface area contributed by atoms with Crippen molar-refractivity contribution in [3.8, 4) is 0 Å². The molecule has 2 rings (SSSR count). The lowest BCUT2D eigenvalue weighted by atomic mass is 9.91. The summed E-state index contributed by atoms with van der Waals surface area (Å²) in [4.78, 5) is 0. The first kappa shape index (κ1) is 12.8. The lowest BCUT2D eigenvalue weighted by Gasteiger charge is -2.22. The van der Waals surface area contributed by atoms with Crippen LogP contribution < -0.4 is 5.73 Å². The average Bonchev–Trinajstić information content (AvgIpc) is 2.46. The van der Waals surface area contributed by atoms with E-state index in [0.717, 1.165) is 0 Å². The van der Waals surface area contributed by atoms with E-state index in [0.29, 0.717) is 23.4 Å². The third kappa shape index (κ3) is 2.97. The summed E-state index contributed by atoms with van der Waals surface area (Å²) in [5.41, 5.74) is 5.95. The van der Waals surface area contributed by atoms with Gasteiger partial charge >= 0.3 is 0 Å². The van der Waals surface area contributed by atoms with Gasteiger partial charge in [0.25, 0.3) is 0 Å². The van der Waals surface area contributed by atoms with Gasteiger partial charge in [-0.05, 0) is 30.5 Å². The van der Waals surface area contributed by atoms with Gasteiger partial charge in [-0.1, -0.05) is 17.7 Å². The molecule has 1 aromatic carbocycles. The number of benzene rings is 1. The molecule has 17 heavy (non-hydrogen) atoms. The summed E-state index contributed by atoms with van der Waals surface area (Å²) in [6.45, 7) is 0. The zero-order chi connectivity index (χ0) is 12.7. The van der Waals surface area contributed by atoms with Crippen LogP contribution in [0.3, 0.4) is 0 Å². The first-order chi connectivity index (χ1) is 7.80. The Hall–Kier alpha value is -0.650. The second kappa shape index (κ2) is 4.23. The van der Waals surface area contributed by atoms with Crippen molar-refractivity contribution >= 4 is 21.4 Å². The molecule has 0 aliphatic carbocycles. The molecule has 0 amide bonds. The molecular formula is C11H13ClFNO2S. The number of hydrogen-bond acceptors (Lipinski definition) is 3. The zero-order valence-electron chi connectivity index (χ0n) is 9.12. The first-order valence-electron chi connectivity index (χ1n) is 5.23. The minimum absolute atomic E-state index is 0.0340. The summed E-state index contributed by atoms with van der Waals surface area (Å²) in [5, 5.41) is 0.291. The normalized spacial score (nSPS) is 27.2. The minimum Gasteiger partial charge on any atom is -0.324 e. The number of sulfone groups is 1. The van der Waals surface area contributed by atoms with Crippen LogP contribution in [0.25, 0.3) is 0 Å². The molecule has 0 bridgehead atoms. The van der Waals surface area contributed by atoms with E-state index in [1.807, 2.05) is 0 Å². The number of rotatable bonds is 2. The second-order valence-corrected chi connectivity index (χ2v) is 7.21. The Bertz CT molecular complexity index is 546. The van der Waals surface area contributed by atoms with Crippen LogP contribution in [0.4, 0.5) is 4.39 Å². The highest BCUT2D eigenvalue weighted by atomic mass is 35.5. The quantitative estimate of drug-likeness (QED) is 0.892. The molecule has 2 N–H and O–H groups in total. The Morgan fingerprint density at radius 2 is 2.18 bits per heavy atom. The van der Waals surface area contributed by atoms with Crippen molar-refractivity contribution in [2.24, 2.45) is 5.73 Å². The smallest absolute Gasteiger partial charge is 0.152 e. The van der Waals surface area contributed by atoms with Gasteiger partial charge in [0, 0.05) is 10.6 Å². The summed E-state index contributed by atoms with van der Waals surface area (Å²) in [5.74, 6) is -0.334. The Morgan fingerprint density at radius 1 is 1.47 bits per heavy atom. The van der Waals surface area contributed by atoms with E-state index in [1.54, 1.807) is 6.07 Å². The van der Waals surface area contributed by atoms with Crippen molar-refractivity contribution in [1.82, 2.24) is 0 Å². The van der Waals surface area contributed by atoms with Crippen LogP contribution in [0, 0.1) is 5.82 Å². The van der Waals surface area contributed by atoms with Gasteiger partial charge in [0.2, 0.25) is 0 Å². The predicted octanol–water partition coefficient (Wildman–Crippen LogP) is 1.54. The van der Waals surface area contributed by atoms with Gasteiger partial charge < -0.3 is 5.73 Å². The molecule has 1 saturated heterocycles. The SMILES string of the molecule is NC1(Cc2ccc(F)cc2Cl)CCS(=O)(=O)C1. The van der Waals surface area contributed by atoms with Gasteiger partial charge in [-0.25, -0.2) is 12.8 Å². The molecule has 0 radical (unpaired) electrons. The van der Waals surface area contributed by atoms with Crippen molar-refractivity contribution in [1.29, 1.82) is 0 Å². The van der Waals surface area contributed by atoms with Crippen LogP contribution in [-0.4, -0.2) is 25.5 Å². The summed E-state index contributed by atoms with van der Waals surface area (Å²) in [7, 11) is -3.04. The van der Waals surface area contributed by atoms with Gasteiger partial charge in [-0.2, -0.15) is 0 Å². The Morgan fingerprint density at radius 3 is 2.71 bits per heavy atom. The predicted molar refractivity (Wildman–Crippen MR) is 65.3 cm³/mol. The molecule has 1 atom stereocenters. The maximum Gasteiger partial charge on any atom is 0.152 e. The molecule has 3 nitrogen and oxygen atoms in total. The Balaban J connectivity index is 2.22. The van der Waals surface area contributed by atoms with Crippen molar-refractivity contribution in [2.75, 3.05) is 11.5 Å². The van der Waals surface area contributed by atoms with Crippen molar-refractivity contribution < 1.29 is 12.8 Å². The highest BCUT2D eigenvalue weighted by Gasteiger charge is 2.39. The summed E-state index contributed by atoms with van der Waals surface area (Å²) in [6.07, 6.45) is 0.772. The molecule has 0 spiro atoms. The highest BCUT2D eigenvalue weighted by Crippen LogP contribution is 2.28. The molecule has 1 aliphatic rings. The minimum atomic E-state index is -3.04. The summed E-state index contributed by atoms with van der Waals surface area (Å²) in [6, 6.07) is 4.06. The van der Waals surface area contributed by atoms with Gasteiger partial charge in [0.1, 0.15) is 5.82 Å². The molecular weight excluding hydrogens is 265 g/mol. The Labute approximate surface area is 105 Å². The monoisotopic (exact) mass is 277 g/mol. The molecule has 1 aromatic rings. The van der Waals surface area contributed by atoms with Crippen LogP contribution in [0.1, 0.15) is 12.0 Å². The molecule has 0 aromatic heterocycles. The van der Waals surface area contributed by atoms with Crippen LogP contribution in [0.15, 0.2) is 18.2 Å². The highest BCUT2D eigenvalue weighted by molar-refractivity contribution is 7.91. The number of hydrogen-bond donors (Lipinski definition) is 1. The topological polar surface area (TPSA) is 60.2 Å². The molecule has 1 fully saturated rings. The van der Waals surface area contributed by atoms with E-state index in [9.17, 15) is 12.8 Å². The van der Waals surface area contributed by atoms with E-state index in [-0.39, 0.29) is 11.5 Å². The molecule has 94 valence electrons. The molecule has 6 heteroatoms. The van der Waals surface area contributed by atoms with Gasteiger partial charge in [-0.3, -0.25) is 0 Å². The fraction of sp³-hybridized carbons (Fsp3) is 0.455. The maximum absolute atomic E-state index is 12.9. The lowest BCUT2D eigenvalue weighted by molar-refractivity contribution is 0.476. The van der Waals surface area contributed by atoms with Gasteiger partial charge in [-0.15, -0.1) is 0 Å². The third-order valence-electron chi connectivity index (χ3n) is 2.98. The van der Waals surface area contributed by atoms with E-state index >= 15 is 0 Å². The fourth-order valence-corrected chi connectivity index (χ4v) is 4.34. The second-order valence-electron chi connectivity index (χ2n) is 4.62. The lowest BCUT2D eigenvalue weighted by Crippen LogP contribution is -2.43. The van der Waals surface area contributed by atoms with E-state index < -0.39 is 21.2 Å².